The summed E-state index contributed by atoms with van der Waals surface area (Å²) < 4.78 is 14.5. The molecule has 0 aliphatic rings. The number of rotatable bonds is 4. The van der Waals surface area contributed by atoms with Crippen LogP contribution in [-0.4, -0.2) is 20.7 Å². The van der Waals surface area contributed by atoms with Crippen molar-refractivity contribution >= 4 is 5.91 Å². The van der Waals surface area contributed by atoms with E-state index in [4.69, 9.17) is 0 Å². The Kier molecular flexibility index (Phi) is 4.14. The number of carbonyl (C=O) groups excluding carboxylic acids is 1. The number of hydrogen-bond donors (Lipinski definition) is 1. The monoisotopic (exact) mass is 310 g/mol. The Morgan fingerprint density at radius 1 is 1.22 bits per heavy atom. The van der Waals surface area contributed by atoms with Crippen LogP contribution >= 0.6 is 0 Å². The third-order valence-corrected chi connectivity index (χ3v) is 3.47. The number of hydrogen-bond acceptors (Lipinski definition) is 3. The zero-order chi connectivity index (χ0) is 16.2. The first-order chi connectivity index (χ1) is 11.1. The Morgan fingerprint density at radius 2 is 2.00 bits per heavy atom. The fourth-order valence-corrected chi connectivity index (χ4v) is 2.17. The van der Waals surface area contributed by atoms with Gasteiger partial charge in [0.25, 0.3) is 5.91 Å². The van der Waals surface area contributed by atoms with Crippen LogP contribution in [0.4, 0.5) is 4.39 Å². The fraction of sp³-hybridized carbons (Fsp3) is 0.118. The van der Waals surface area contributed by atoms with E-state index in [1.807, 2.05) is 6.92 Å². The molecule has 116 valence electrons. The predicted molar refractivity (Wildman–Crippen MR) is 83.6 cm³/mol. The smallest absolute Gasteiger partial charge is 0.253 e. The first kappa shape index (κ1) is 14.9. The van der Waals surface area contributed by atoms with E-state index in [0.29, 0.717) is 11.4 Å². The molecule has 6 heteroatoms. The molecular formula is C17H15FN4O. The van der Waals surface area contributed by atoms with Crippen LogP contribution in [0.1, 0.15) is 28.9 Å². The minimum atomic E-state index is -0.300. The van der Waals surface area contributed by atoms with Crippen LogP contribution in [-0.2, 0) is 0 Å². The molecule has 1 atom stereocenters. The average Bonchev–Trinajstić information content (AvgIpc) is 3.10. The molecule has 0 spiro atoms. The number of carbonyl (C=O) groups is 1. The zero-order valence-electron chi connectivity index (χ0n) is 12.5. The van der Waals surface area contributed by atoms with Crippen molar-refractivity contribution in [2.75, 3.05) is 0 Å². The maximum absolute atomic E-state index is 12.9. The van der Waals surface area contributed by atoms with Crippen molar-refractivity contribution in [3.8, 4) is 5.82 Å². The van der Waals surface area contributed by atoms with Gasteiger partial charge in [0.15, 0.2) is 5.82 Å². The minimum absolute atomic E-state index is 0.228. The molecule has 0 saturated heterocycles. The Morgan fingerprint density at radius 3 is 2.61 bits per heavy atom. The van der Waals surface area contributed by atoms with Crippen molar-refractivity contribution in [3.05, 3.63) is 78.0 Å². The van der Waals surface area contributed by atoms with Crippen molar-refractivity contribution in [1.29, 1.82) is 0 Å². The van der Waals surface area contributed by atoms with Crippen molar-refractivity contribution in [2.45, 2.75) is 13.0 Å². The molecule has 3 aromatic rings. The third kappa shape index (κ3) is 3.42. The number of nitrogens with one attached hydrogen (secondary N) is 1. The van der Waals surface area contributed by atoms with Crippen molar-refractivity contribution in [3.63, 3.8) is 0 Å². The summed E-state index contributed by atoms with van der Waals surface area (Å²) in [7, 11) is 0. The van der Waals surface area contributed by atoms with Gasteiger partial charge in [-0.15, -0.1) is 0 Å². The van der Waals surface area contributed by atoms with Gasteiger partial charge in [-0.2, -0.15) is 5.10 Å². The van der Waals surface area contributed by atoms with Gasteiger partial charge in [0.1, 0.15) is 5.82 Å². The number of aromatic nitrogens is 3. The van der Waals surface area contributed by atoms with Crippen molar-refractivity contribution < 1.29 is 9.18 Å². The summed E-state index contributed by atoms with van der Waals surface area (Å²) >= 11 is 0. The number of nitrogens with zero attached hydrogens (tertiary/aromatic N) is 3. The Hall–Kier alpha value is -3.02. The van der Waals surface area contributed by atoms with Gasteiger partial charge in [0.05, 0.1) is 11.6 Å². The van der Waals surface area contributed by atoms with E-state index in [1.165, 1.54) is 18.3 Å². The summed E-state index contributed by atoms with van der Waals surface area (Å²) in [6.45, 7) is 1.84. The van der Waals surface area contributed by atoms with Gasteiger partial charge in [0, 0.05) is 18.6 Å². The van der Waals surface area contributed by atoms with E-state index in [2.05, 4.69) is 15.4 Å². The van der Waals surface area contributed by atoms with Gasteiger partial charge in [-0.05, 0) is 42.8 Å². The molecule has 0 radical (unpaired) electrons. The second-order valence-corrected chi connectivity index (χ2v) is 5.10. The van der Waals surface area contributed by atoms with E-state index < -0.39 is 0 Å². The maximum atomic E-state index is 12.9. The summed E-state index contributed by atoms with van der Waals surface area (Å²) in [5.41, 5.74) is 1.29. The molecule has 0 aliphatic carbocycles. The molecule has 0 bridgehead atoms. The highest BCUT2D eigenvalue weighted by atomic mass is 19.1. The second kappa shape index (κ2) is 6.39. The van der Waals surface area contributed by atoms with Crippen molar-refractivity contribution in [2.24, 2.45) is 0 Å². The molecule has 2 aromatic heterocycles. The molecule has 0 saturated carbocycles. The van der Waals surface area contributed by atoms with Gasteiger partial charge in [-0.25, -0.2) is 14.1 Å². The van der Waals surface area contributed by atoms with E-state index in [0.717, 1.165) is 5.56 Å². The first-order valence-corrected chi connectivity index (χ1v) is 7.16. The molecule has 1 N–H and O–H groups in total. The zero-order valence-corrected chi connectivity index (χ0v) is 12.5. The lowest BCUT2D eigenvalue weighted by Crippen LogP contribution is -2.26. The lowest BCUT2D eigenvalue weighted by Gasteiger charge is -2.14. The summed E-state index contributed by atoms with van der Waals surface area (Å²) in [5, 5.41) is 6.94. The third-order valence-electron chi connectivity index (χ3n) is 3.47. The topological polar surface area (TPSA) is 59.8 Å². The normalized spacial score (nSPS) is 11.9. The molecule has 0 fully saturated rings. The van der Waals surface area contributed by atoms with E-state index >= 15 is 0 Å². The standard InChI is InChI=1S/C17H15FN4O/c1-12(13-3-6-15(18)7-4-13)21-17(23)14-5-8-16(19-11-14)22-10-2-9-20-22/h2-12H,1H3,(H,21,23)/t12-/m0/s1. The Bertz CT molecular complexity index is 782. The van der Waals surface area contributed by atoms with Crippen LogP contribution in [0.3, 0.4) is 0 Å². The van der Waals surface area contributed by atoms with E-state index in [-0.39, 0.29) is 17.8 Å². The Balaban J connectivity index is 1.69. The maximum Gasteiger partial charge on any atom is 0.253 e. The summed E-state index contributed by atoms with van der Waals surface area (Å²) in [6, 6.07) is 11.0. The van der Waals surface area contributed by atoms with Crippen molar-refractivity contribution in [1.82, 2.24) is 20.1 Å². The van der Waals surface area contributed by atoms with Crippen LogP contribution in [0.25, 0.3) is 5.82 Å². The number of halogens is 1. The van der Waals surface area contributed by atoms with E-state index in [1.54, 1.807) is 47.4 Å². The highest BCUT2D eigenvalue weighted by Crippen LogP contribution is 2.14. The molecule has 0 unspecified atom stereocenters. The lowest BCUT2D eigenvalue weighted by atomic mass is 10.1. The molecule has 5 nitrogen and oxygen atoms in total. The van der Waals surface area contributed by atoms with Crippen LogP contribution in [0, 0.1) is 5.82 Å². The molecule has 0 aliphatic heterocycles. The number of benzene rings is 1. The van der Waals surface area contributed by atoms with Gasteiger partial charge in [-0.1, -0.05) is 12.1 Å². The fourth-order valence-electron chi connectivity index (χ4n) is 2.17. The molecule has 2 heterocycles. The summed E-state index contributed by atoms with van der Waals surface area (Å²) in [4.78, 5) is 16.5. The lowest BCUT2D eigenvalue weighted by molar-refractivity contribution is 0.0939. The van der Waals surface area contributed by atoms with Gasteiger partial charge in [-0.3, -0.25) is 4.79 Å². The predicted octanol–water partition coefficient (Wildman–Crippen LogP) is 2.90. The van der Waals surface area contributed by atoms with Crippen LogP contribution < -0.4 is 5.32 Å². The van der Waals surface area contributed by atoms with Crippen LogP contribution in [0.5, 0.6) is 0 Å². The van der Waals surface area contributed by atoms with Gasteiger partial charge in [0.2, 0.25) is 0 Å². The SMILES string of the molecule is C[C@H](NC(=O)c1ccc(-n2cccn2)nc1)c1ccc(F)cc1. The highest BCUT2D eigenvalue weighted by Gasteiger charge is 2.12. The van der Waals surface area contributed by atoms with Crippen LogP contribution in [0.15, 0.2) is 61.1 Å². The van der Waals surface area contributed by atoms with E-state index in [9.17, 15) is 9.18 Å². The number of pyridine rings is 1. The first-order valence-electron chi connectivity index (χ1n) is 7.16. The Labute approximate surface area is 132 Å². The number of amides is 1. The summed E-state index contributed by atoms with van der Waals surface area (Å²) in [5.74, 6) is 0.102. The van der Waals surface area contributed by atoms with Gasteiger partial charge >= 0.3 is 0 Å². The quantitative estimate of drug-likeness (QED) is 0.806. The summed E-state index contributed by atoms with van der Waals surface area (Å²) in [6.07, 6.45) is 4.94. The molecular weight excluding hydrogens is 295 g/mol. The molecule has 23 heavy (non-hydrogen) atoms. The highest BCUT2D eigenvalue weighted by molar-refractivity contribution is 5.94. The molecule has 1 aromatic carbocycles. The largest absolute Gasteiger partial charge is 0.345 e. The molecule has 3 rings (SSSR count). The average molecular weight is 310 g/mol. The van der Waals surface area contributed by atoms with Gasteiger partial charge < -0.3 is 5.32 Å². The van der Waals surface area contributed by atoms with Crippen LogP contribution in [0.2, 0.25) is 0 Å². The minimum Gasteiger partial charge on any atom is -0.345 e. The molecule has 1 amide bonds. The second-order valence-electron chi connectivity index (χ2n) is 5.10.